The minimum absolute atomic E-state index is 0. The molecule has 1 saturated heterocycles. The molecule has 29 heavy (non-hydrogen) atoms. The molecular formula is C23H32Cl2N2O2. The smallest absolute Gasteiger partial charge is 0.252 e. The van der Waals surface area contributed by atoms with Gasteiger partial charge in [-0.1, -0.05) is 11.6 Å². The van der Waals surface area contributed by atoms with Crippen molar-refractivity contribution >= 4 is 29.9 Å². The van der Waals surface area contributed by atoms with Crippen molar-refractivity contribution in [2.24, 2.45) is 23.2 Å². The van der Waals surface area contributed by atoms with E-state index in [2.05, 4.69) is 10.6 Å². The summed E-state index contributed by atoms with van der Waals surface area (Å²) in [4.78, 5) is 12.9. The molecule has 4 aliphatic carbocycles. The zero-order valence-corrected chi connectivity index (χ0v) is 18.5. The molecular weight excluding hydrogens is 407 g/mol. The second-order valence-corrected chi connectivity index (χ2v) is 10.2. The number of ether oxygens (including phenoxy) is 1. The molecule has 4 nitrogen and oxygen atoms in total. The van der Waals surface area contributed by atoms with Crippen LogP contribution < -0.4 is 15.4 Å². The Morgan fingerprint density at radius 1 is 1.17 bits per heavy atom. The van der Waals surface area contributed by atoms with Crippen LogP contribution in [0.5, 0.6) is 5.75 Å². The molecule has 4 saturated carbocycles. The summed E-state index contributed by atoms with van der Waals surface area (Å²) in [5.41, 5.74) is 0.867. The van der Waals surface area contributed by atoms with Gasteiger partial charge in [-0.3, -0.25) is 4.79 Å². The van der Waals surface area contributed by atoms with E-state index in [1.165, 1.54) is 38.5 Å². The second-order valence-electron chi connectivity index (χ2n) is 9.83. The predicted octanol–water partition coefficient (Wildman–Crippen LogP) is 4.84. The van der Waals surface area contributed by atoms with Gasteiger partial charge < -0.3 is 15.4 Å². The lowest BCUT2D eigenvalue weighted by Gasteiger charge is -2.56. The second kappa shape index (κ2) is 8.64. The fourth-order valence-electron chi connectivity index (χ4n) is 6.73. The third kappa shape index (κ3) is 4.55. The van der Waals surface area contributed by atoms with Gasteiger partial charge in [-0.15, -0.1) is 12.4 Å². The third-order valence-electron chi connectivity index (χ3n) is 7.53. The van der Waals surface area contributed by atoms with Crippen LogP contribution in [-0.2, 0) is 0 Å². The summed E-state index contributed by atoms with van der Waals surface area (Å²) in [6, 6.07) is 5.46. The first-order valence-corrected chi connectivity index (χ1v) is 11.4. The van der Waals surface area contributed by atoms with E-state index in [-0.39, 0.29) is 24.4 Å². The van der Waals surface area contributed by atoms with Crippen molar-refractivity contribution in [3.05, 3.63) is 28.8 Å². The molecule has 2 N–H and O–H groups in total. The Morgan fingerprint density at radius 2 is 1.86 bits per heavy atom. The summed E-state index contributed by atoms with van der Waals surface area (Å²) in [6.45, 7) is 2.71. The SMILES string of the molecule is Cl.O=C(NCC12CC3CC(CC(C3)C1)C2)c1cc(OC2CCCNC2)ccc1Cl. The number of amides is 1. The summed E-state index contributed by atoms with van der Waals surface area (Å²) in [5, 5.41) is 7.09. The van der Waals surface area contributed by atoms with E-state index < -0.39 is 0 Å². The van der Waals surface area contributed by atoms with Gasteiger partial charge in [0, 0.05) is 13.1 Å². The molecule has 1 heterocycles. The fraction of sp³-hybridized carbons (Fsp3) is 0.696. The molecule has 5 aliphatic rings. The van der Waals surface area contributed by atoms with Gasteiger partial charge in [0.15, 0.2) is 0 Å². The number of benzene rings is 1. The number of carbonyl (C=O) groups is 1. The highest BCUT2D eigenvalue weighted by Crippen LogP contribution is 2.59. The summed E-state index contributed by atoms with van der Waals surface area (Å²) < 4.78 is 6.08. The first-order valence-electron chi connectivity index (χ1n) is 11.0. The molecule has 1 atom stereocenters. The lowest BCUT2D eigenvalue weighted by molar-refractivity contribution is -0.0503. The summed E-state index contributed by atoms with van der Waals surface area (Å²) in [6.07, 6.45) is 10.5. The maximum absolute atomic E-state index is 12.9. The largest absolute Gasteiger partial charge is 0.489 e. The van der Waals surface area contributed by atoms with Crippen LogP contribution in [0.15, 0.2) is 18.2 Å². The Hall–Kier alpha value is -0.970. The van der Waals surface area contributed by atoms with Crippen molar-refractivity contribution < 1.29 is 9.53 Å². The Bertz CT molecular complexity index is 713. The molecule has 1 amide bonds. The number of rotatable bonds is 5. The van der Waals surface area contributed by atoms with Crippen molar-refractivity contribution in [2.45, 2.75) is 57.5 Å². The van der Waals surface area contributed by atoms with E-state index in [9.17, 15) is 4.79 Å². The first-order chi connectivity index (χ1) is 13.6. The zero-order chi connectivity index (χ0) is 19.1. The fourth-order valence-corrected chi connectivity index (χ4v) is 6.94. The van der Waals surface area contributed by atoms with E-state index in [1.807, 2.05) is 12.1 Å². The number of halogens is 2. The molecule has 1 aromatic rings. The molecule has 5 fully saturated rings. The zero-order valence-electron chi connectivity index (χ0n) is 16.9. The van der Waals surface area contributed by atoms with Gasteiger partial charge in [0.2, 0.25) is 0 Å². The Labute approximate surface area is 184 Å². The molecule has 1 aromatic carbocycles. The molecule has 4 bridgehead atoms. The van der Waals surface area contributed by atoms with Gasteiger partial charge in [0.05, 0.1) is 10.6 Å². The molecule has 160 valence electrons. The monoisotopic (exact) mass is 438 g/mol. The van der Waals surface area contributed by atoms with E-state index in [1.54, 1.807) is 6.07 Å². The Kier molecular flexibility index (Phi) is 6.34. The van der Waals surface area contributed by atoms with Crippen LogP contribution in [0, 0.1) is 23.2 Å². The molecule has 1 unspecified atom stereocenters. The van der Waals surface area contributed by atoms with Gasteiger partial charge in [0.25, 0.3) is 5.91 Å². The van der Waals surface area contributed by atoms with Crippen molar-refractivity contribution in [2.75, 3.05) is 19.6 Å². The van der Waals surface area contributed by atoms with Gasteiger partial charge >= 0.3 is 0 Å². The summed E-state index contributed by atoms with van der Waals surface area (Å²) in [7, 11) is 0. The van der Waals surface area contributed by atoms with Gasteiger partial charge in [-0.2, -0.15) is 0 Å². The molecule has 0 radical (unpaired) electrons. The number of hydrogen-bond donors (Lipinski definition) is 2. The highest BCUT2D eigenvalue weighted by atomic mass is 35.5. The normalized spacial score (nSPS) is 35.1. The average molecular weight is 439 g/mol. The maximum atomic E-state index is 12.9. The van der Waals surface area contributed by atoms with E-state index in [4.69, 9.17) is 16.3 Å². The summed E-state index contributed by atoms with van der Waals surface area (Å²) in [5.74, 6) is 3.36. The van der Waals surface area contributed by atoms with E-state index in [0.717, 1.165) is 56.0 Å². The molecule has 0 spiro atoms. The number of piperidine rings is 1. The van der Waals surface area contributed by atoms with Crippen LogP contribution in [-0.4, -0.2) is 31.6 Å². The number of carbonyl (C=O) groups excluding carboxylic acids is 1. The lowest BCUT2D eigenvalue weighted by atomic mass is 9.49. The Morgan fingerprint density at radius 3 is 2.48 bits per heavy atom. The quantitative estimate of drug-likeness (QED) is 0.691. The average Bonchev–Trinajstić information content (AvgIpc) is 2.67. The lowest BCUT2D eigenvalue weighted by Crippen LogP contribution is -2.51. The molecule has 0 aromatic heterocycles. The van der Waals surface area contributed by atoms with Crippen LogP contribution in [0.1, 0.15) is 61.7 Å². The standard InChI is InChI=1S/C23H31ClN2O2.ClH/c24-21-4-3-18(28-19-2-1-5-25-13-19)9-20(21)22(27)26-14-23-10-15-6-16(11-23)8-17(7-15)12-23;/h3-4,9,15-17,19,25H,1-2,5-8,10-14H2,(H,26,27);1H. The predicted molar refractivity (Wildman–Crippen MR) is 118 cm³/mol. The highest BCUT2D eigenvalue weighted by Gasteiger charge is 2.50. The number of hydrogen-bond acceptors (Lipinski definition) is 3. The summed E-state index contributed by atoms with van der Waals surface area (Å²) >= 11 is 6.36. The van der Waals surface area contributed by atoms with Crippen molar-refractivity contribution in [3.8, 4) is 5.75 Å². The minimum Gasteiger partial charge on any atom is -0.489 e. The van der Waals surface area contributed by atoms with Crippen LogP contribution in [0.3, 0.4) is 0 Å². The van der Waals surface area contributed by atoms with Crippen LogP contribution >= 0.6 is 24.0 Å². The van der Waals surface area contributed by atoms with Crippen LogP contribution in [0.4, 0.5) is 0 Å². The van der Waals surface area contributed by atoms with Crippen LogP contribution in [0.2, 0.25) is 5.02 Å². The van der Waals surface area contributed by atoms with Crippen molar-refractivity contribution in [1.29, 1.82) is 0 Å². The molecule has 6 rings (SSSR count). The number of nitrogens with one attached hydrogen (secondary N) is 2. The van der Waals surface area contributed by atoms with Gasteiger partial charge in [0.1, 0.15) is 11.9 Å². The highest BCUT2D eigenvalue weighted by molar-refractivity contribution is 6.33. The maximum Gasteiger partial charge on any atom is 0.252 e. The topological polar surface area (TPSA) is 50.4 Å². The van der Waals surface area contributed by atoms with Gasteiger partial charge in [-0.05, 0) is 99.3 Å². The van der Waals surface area contributed by atoms with Crippen LogP contribution in [0.25, 0.3) is 0 Å². The molecule has 6 heteroatoms. The van der Waals surface area contributed by atoms with E-state index in [0.29, 0.717) is 16.0 Å². The third-order valence-corrected chi connectivity index (χ3v) is 7.86. The van der Waals surface area contributed by atoms with Gasteiger partial charge in [-0.25, -0.2) is 0 Å². The van der Waals surface area contributed by atoms with E-state index >= 15 is 0 Å². The first kappa shape index (κ1) is 21.3. The minimum atomic E-state index is -0.0621. The van der Waals surface area contributed by atoms with Crippen molar-refractivity contribution in [3.63, 3.8) is 0 Å². The Balaban J connectivity index is 0.00000205. The molecule has 1 aliphatic heterocycles. The van der Waals surface area contributed by atoms with Crippen molar-refractivity contribution in [1.82, 2.24) is 10.6 Å².